The van der Waals surface area contributed by atoms with E-state index in [2.05, 4.69) is 60.4 Å². The van der Waals surface area contributed by atoms with Gasteiger partial charge < -0.3 is 15.1 Å². The van der Waals surface area contributed by atoms with Gasteiger partial charge in [0.15, 0.2) is 0 Å². The Labute approximate surface area is 124 Å². The highest BCUT2D eigenvalue weighted by molar-refractivity contribution is 5.57. The van der Waals surface area contributed by atoms with Crippen molar-refractivity contribution in [2.75, 3.05) is 52.1 Å². The van der Waals surface area contributed by atoms with Gasteiger partial charge >= 0.3 is 0 Å². The highest BCUT2D eigenvalue weighted by atomic mass is 15.1. The third-order valence-electron chi connectivity index (χ3n) is 4.26. The average molecular weight is 275 g/mol. The van der Waals surface area contributed by atoms with Crippen molar-refractivity contribution in [2.24, 2.45) is 0 Å². The zero-order valence-corrected chi connectivity index (χ0v) is 13.2. The number of hydrogen-bond acceptors (Lipinski definition) is 3. The molecule has 0 radical (unpaired) electrons. The Hall–Kier alpha value is -1.06. The lowest BCUT2D eigenvalue weighted by molar-refractivity contribution is 0.258. The first-order valence-corrected chi connectivity index (χ1v) is 7.90. The van der Waals surface area contributed by atoms with Crippen molar-refractivity contribution < 1.29 is 0 Å². The van der Waals surface area contributed by atoms with Gasteiger partial charge in [0.1, 0.15) is 0 Å². The van der Waals surface area contributed by atoms with Gasteiger partial charge in [-0.15, -0.1) is 0 Å². The van der Waals surface area contributed by atoms with Gasteiger partial charge in [-0.1, -0.05) is 25.1 Å². The van der Waals surface area contributed by atoms with Crippen molar-refractivity contribution in [2.45, 2.75) is 25.7 Å². The highest BCUT2D eigenvalue weighted by Crippen LogP contribution is 2.33. The van der Waals surface area contributed by atoms with Crippen LogP contribution in [0.1, 0.15) is 31.2 Å². The molecule has 1 unspecified atom stereocenters. The van der Waals surface area contributed by atoms with E-state index in [0.29, 0.717) is 5.92 Å². The van der Waals surface area contributed by atoms with Crippen LogP contribution in [0.5, 0.6) is 0 Å². The van der Waals surface area contributed by atoms with Crippen molar-refractivity contribution >= 4 is 5.69 Å². The molecule has 0 amide bonds. The largest absolute Gasteiger partial charge is 0.384 e. The summed E-state index contributed by atoms with van der Waals surface area (Å²) in [5.41, 5.74) is 2.85. The summed E-state index contributed by atoms with van der Waals surface area (Å²) in [5, 5.41) is 3.52. The summed E-state index contributed by atoms with van der Waals surface area (Å²) >= 11 is 0. The molecule has 0 aliphatic carbocycles. The Morgan fingerprint density at radius 1 is 1.15 bits per heavy atom. The van der Waals surface area contributed by atoms with Gasteiger partial charge in [0, 0.05) is 18.2 Å². The summed E-state index contributed by atoms with van der Waals surface area (Å²) < 4.78 is 0. The molecule has 0 fully saturated rings. The summed E-state index contributed by atoms with van der Waals surface area (Å²) in [4.78, 5) is 4.86. The molecule has 0 aromatic heterocycles. The van der Waals surface area contributed by atoms with E-state index in [4.69, 9.17) is 0 Å². The van der Waals surface area contributed by atoms with Crippen LogP contribution in [-0.4, -0.2) is 56.6 Å². The van der Waals surface area contributed by atoms with Crippen LogP contribution in [-0.2, 0) is 0 Å². The Balaban J connectivity index is 1.76. The monoisotopic (exact) mass is 275 g/mol. The minimum Gasteiger partial charge on any atom is -0.384 e. The average Bonchev–Trinajstić information content (AvgIpc) is 2.85. The van der Waals surface area contributed by atoms with Gasteiger partial charge in [0.25, 0.3) is 0 Å². The molecular weight excluding hydrogens is 246 g/mol. The van der Waals surface area contributed by atoms with Gasteiger partial charge in [0.05, 0.1) is 0 Å². The summed E-state index contributed by atoms with van der Waals surface area (Å²) in [7, 11) is 4.30. The van der Waals surface area contributed by atoms with Crippen LogP contribution in [0.15, 0.2) is 24.3 Å². The Morgan fingerprint density at radius 3 is 2.70 bits per heavy atom. The van der Waals surface area contributed by atoms with Crippen molar-refractivity contribution in [3.63, 3.8) is 0 Å². The van der Waals surface area contributed by atoms with E-state index in [9.17, 15) is 0 Å². The standard InChI is InChI=1S/C17H29N3/c1-4-20(12-7-11-19(2)3)13-10-15-14-18-17-9-6-5-8-16(15)17/h5-6,8-9,15,18H,4,7,10-14H2,1-3H3. The summed E-state index contributed by atoms with van der Waals surface area (Å²) in [6.07, 6.45) is 2.53. The Bertz CT molecular complexity index is 403. The number of benzene rings is 1. The maximum Gasteiger partial charge on any atom is 0.0376 e. The van der Waals surface area contributed by atoms with Crippen molar-refractivity contribution in [1.29, 1.82) is 0 Å². The zero-order chi connectivity index (χ0) is 14.4. The van der Waals surface area contributed by atoms with E-state index in [1.165, 1.54) is 43.7 Å². The molecule has 1 aromatic carbocycles. The number of nitrogens with zero attached hydrogens (tertiary/aromatic N) is 2. The van der Waals surface area contributed by atoms with E-state index < -0.39 is 0 Å². The van der Waals surface area contributed by atoms with Crippen LogP contribution in [0.2, 0.25) is 0 Å². The predicted molar refractivity (Wildman–Crippen MR) is 87.6 cm³/mol. The summed E-state index contributed by atoms with van der Waals surface area (Å²) in [5.74, 6) is 0.689. The lowest BCUT2D eigenvalue weighted by Gasteiger charge is -2.23. The second kappa shape index (κ2) is 7.65. The SMILES string of the molecule is CCN(CCCN(C)C)CCC1CNc2ccccc21. The van der Waals surface area contributed by atoms with Crippen molar-refractivity contribution in [1.82, 2.24) is 9.80 Å². The van der Waals surface area contributed by atoms with Gasteiger partial charge in [-0.2, -0.15) is 0 Å². The number of fused-ring (bicyclic) bond motifs is 1. The molecule has 1 aliphatic rings. The molecule has 1 heterocycles. The third kappa shape index (κ3) is 4.22. The maximum absolute atomic E-state index is 3.52. The lowest BCUT2D eigenvalue weighted by atomic mass is 9.98. The van der Waals surface area contributed by atoms with Crippen molar-refractivity contribution in [3.8, 4) is 0 Å². The smallest absolute Gasteiger partial charge is 0.0376 e. The first-order valence-electron chi connectivity index (χ1n) is 7.90. The van der Waals surface area contributed by atoms with Gasteiger partial charge in [-0.3, -0.25) is 0 Å². The molecule has 20 heavy (non-hydrogen) atoms. The van der Waals surface area contributed by atoms with E-state index in [1.54, 1.807) is 0 Å². The highest BCUT2D eigenvalue weighted by Gasteiger charge is 2.21. The van der Waals surface area contributed by atoms with Gasteiger partial charge in [0.2, 0.25) is 0 Å². The summed E-state index contributed by atoms with van der Waals surface area (Å²) in [6.45, 7) is 8.16. The van der Waals surface area contributed by atoms with Gasteiger partial charge in [-0.05, 0) is 64.7 Å². The molecule has 0 saturated heterocycles. The van der Waals surface area contributed by atoms with E-state index in [0.717, 1.165) is 13.1 Å². The van der Waals surface area contributed by atoms with Crippen LogP contribution in [0.4, 0.5) is 5.69 Å². The fourth-order valence-corrected chi connectivity index (χ4v) is 2.99. The minimum absolute atomic E-state index is 0.689. The van der Waals surface area contributed by atoms with Crippen LogP contribution in [0.3, 0.4) is 0 Å². The van der Waals surface area contributed by atoms with Crippen LogP contribution >= 0.6 is 0 Å². The molecule has 3 nitrogen and oxygen atoms in total. The number of anilines is 1. The van der Waals surface area contributed by atoms with E-state index in [-0.39, 0.29) is 0 Å². The third-order valence-corrected chi connectivity index (χ3v) is 4.26. The van der Waals surface area contributed by atoms with E-state index in [1.807, 2.05) is 0 Å². The molecule has 1 atom stereocenters. The normalized spacial score (nSPS) is 17.6. The first-order chi connectivity index (χ1) is 9.70. The lowest BCUT2D eigenvalue weighted by Crippen LogP contribution is -2.29. The van der Waals surface area contributed by atoms with Crippen LogP contribution < -0.4 is 5.32 Å². The quantitative estimate of drug-likeness (QED) is 0.787. The molecule has 112 valence electrons. The number of nitrogens with one attached hydrogen (secondary N) is 1. The molecule has 0 bridgehead atoms. The second-order valence-electron chi connectivity index (χ2n) is 6.04. The fraction of sp³-hybridized carbons (Fsp3) is 0.647. The number of para-hydroxylation sites is 1. The Morgan fingerprint density at radius 2 is 1.95 bits per heavy atom. The second-order valence-corrected chi connectivity index (χ2v) is 6.04. The molecule has 3 heteroatoms. The molecule has 0 saturated carbocycles. The van der Waals surface area contributed by atoms with Crippen molar-refractivity contribution in [3.05, 3.63) is 29.8 Å². The van der Waals surface area contributed by atoms with Gasteiger partial charge in [-0.25, -0.2) is 0 Å². The fourth-order valence-electron chi connectivity index (χ4n) is 2.99. The number of rotatable bonds is 8. The molecule has 1 N–H and O–H groups in total. The topological polar surface area (TPSA) is 18.5 Å². The summed E-state index contributed by atoms with van der Waals surface area (Å²) in [6, 6.07) is 8.76. The molecule has 1 aromatic rings. The molecule has 2 rings (SSSR count). The van der Waals surface area contributed by atoms with Crippen LogP contribution in [0.25, 0.3) is 0 Å². The zero-order valence-electron chi connectivity index (χ0n) is 13.2. The van der Waals surface area contributed by atoms with E-state index >= 15 is 0 Å². The first kappa shape index (κ1) is 15.3. The molecule has 0 spiro atoms. The number of hydrogen-bond donors (Lipinski definition) is 1. The molecule has 1 aliphatic heterocycles. The minimum atomic E-state index is 0.689. The predicted octanol–water partition coefficient (Wildman–Crippen LogP) is 2.86. The van der Waals surface area contributed by atoms with Crippen LogP contribution in [0, 0.1) is 0 Å². The maximum atomic E-state index is 3.52. The molecular formula is C17H29N3. The Kier molecular flexibility index (Phi) is 5.86.